The molecular formula is C20H24N2O2S. The minimum absolute atomic E-state index is 0.242. The zero-order valence-electron chi connectivity index (χ0n) is 14.7. The third-order valence-electron chi connectivity index (χ3n) is 4.29. The van der Waals surface area contributed by atoms with E-state index < -0.39 is 0 Å². The lowest BCUT2D eigenvalue weighted by Crippen LogP contribution is -2.31. The van der Waals surface area contributed by atoms with Gasteiger partial charge in [0.2, 0.25) is 0 Å². The Morgan fingerprint density at radius 2 is 2.04 bits per heavy atom. The topological polar surface area (TPSA) is 54.3 Å². The Bertz CT molecular complexity index is 734. The fourth-order valence-corrected chi connectivity index (χ4v) is 3.73. The van der Waals surface area contributed by atoms with Gasteiger partial charge in [-0.15, -0.1) is 11.8 Å². The monoisotopic (exact) mass is 356 g/mol. The Kier molecular flexibility index (Phi) is 6.00. The fourth-order valence-electron chi connectivity index (χ4n) is 3.01. The van der Waals surface area contributed by atoms with Crippen LogP contribution in [0.2, 0.25) is 0 Å². The predicted molar refractivity (Wildman–Crippen MR) is 104 cm³/mol. The van der Waals surface area contributed by atoms with Gasteiger partial charge in [0.05, 0.1) is 12.2 Å². The number of rotatable bonds is 6. The molecule has 0 spiro atoms. The Morgan fingerprint density at radius 1 is 1.24 bits per heavy atom. The van der Waals surface area contributed by atoms with Crippen molar-refractivity contribution in [2.75, 3.05) is 19.4 Å². The maximum atomic E-state index is 7.64. The van der Waals surface area contributed by atoms with Crippen molar-refractivity contribution >= 4 is 16.8 Å². The number of thioether (sulfide) groups is 1. The second-order valence-corrected chi connectivity index (χ2v) is 7.33. The van der Waals surface area contributed by atoms with Gasteiger partial charge in [0.25, 0.3) is 0 Å². The van der Waals surface area contributed by atoms with Crippen LogP contribution < -0.4 is 14.8 Å². The van der Waals surface area contributed by atoms with Gasteiger partial charge in [0.15, 0.2) is 11.5 Å². The molecule has 2 aromatic rings. The van der Waals surface area contributed by atoms with Gasteiger partial charge in [0, 0.05) is 11.8 Å². The maximum Gasteiger partial charge on any atom is 0.161 e. The van der Waals surface area contributed by atoms with Crippen LogP contribution in [-0.4, -0.2) is 24.5 Å². The van der Waals surface area contributed by atoms with Crippen molar-refractivity contribution in [3.8, 4) is 11.5 Å². The van der Waals surface area contributed by atoms with Crippen LogP contribution in [0.1, 0.15) is 29.7 Å². The first-order valence-electron chi connectivity index (χ1n) is 8.46. The standard InChI is InChI=1S/C20H24N2O2S/c1-14(21)25-13-18-17-11-19(23-2)20(10-16(17)8-9-22-18)24-12-15-6-4-3-5-7-15/h3-7,10-11,18,21-22H,8-9,12-13H2,1-2H3. The molecule has 25 heavy (non-hydrogen) atoms. The molecule has 2 aromatic carbocycles. The van der Waals surface area contributed by atoms with Crippen LogP contribution >= 0.6 is 11.8 Å². The van der Waals surface area contributed by atoms with E-state index in [0.717, 1.165) is 35.8 Å². The highest BCUT2D eigenvalue weighted by atomic mass is 32.2. The van der Waals surface area contributed by atoms with Crippen LogP contribution in [0.5, 0.6) is 11.5 Å². The molecule has 0 bridgehead atoms. The smallest absolute Gasteiger partial charge is 0.161 e. The molecule has 1 aliphatic rings. The molecule has 0 aliphatic carbocycles. The van der Waals surface area contributed by atoms with E-state index in [0.29, 0.717) is 11.7 Å². The quantitative estimate of drug-likeness (QED) is 0.602. The largest absolute Gasteiger partial charge is 0.493 e. The second-order valence-electron chi connectivity index (χ2n) is 6.10. The molecule has 0 radical (unpaired) electrons. The van der Waals surface area contributed by atoms with Crippen LogP contribution in [0, 0.1) is 5.41 Å². The normalized spacial score (nSPS) is 16.2. The van der Waals surface area contributed by atoms with Crippen LogP contribution in [0.25, 0.3) is 0 Å². The summed E-state index contributed by atoms with van der Waals surface area (Å²) in [5, 5.41) is 11.8. The molecule has 0 fully saturated rings. The lowest BCUT2D eigenvalue weighted by molar-refractivity contribution is 0.283. The molecule has 4 nitrogen and oxygen atoms in total. The summed E-state index contributed by atoms with van der Waals surface area (Å²) < 4.78 is 11.6. The summed E-state index contributed by atoms with van der Waals surface area (Å²) in [6.45, 7) is 3.30. The number of fused-ring (bicyclic) bond motifs is 1. The van der Waals surface area contributed by atoms with E-state index in [-0.39, 0.29) is 6.04 Å². The predicted octanol–water partition coefficient (Wildman–Crippen LogP) is 4.19. The first-order chi connectivity index (χ1) is 12.2. The number of nitrogens with one attached hydrogen (secondary N) is 2. The number of hydrogen-bond donors (Lipinski definition) is 2. The van der Waals surface area contributed by atoms with Gasteiger partial charge in [-0.05, 0) is 48.7 Å². The van der Waals surface area contributed by atoms with E-state index in [2.05, 4.69) is 29.6 Å². The van der Waals surface area contributed by atoms with Crippen molar-refractivity contribution < 1.29 is 9.47 Å². The molecule has 5 heteroatoms. The summed E-state index contributed by atoms with van der Waals surface area (Å²) in [5.74, 6) is 2.41. The van der Waals surface area contributed by atoms with E-state index in [1.54, 1.807) is 18.9 Å². The summed E-state index contributed by atoms with van der Waals surface area (Å²) in [6.07, 6.45) is 0.978. The van der Waals surface area contributed by atoms with E-state index >= 15 is 0 Å². The Hall–Kier alpha value is -1.98. The molecule has 132 valence electrons. The van der Waals surface area contributed by atoms with Crippen LogP contribution in [0.3, 0.4) is 0 Å². The summed E-state index contributed by atoms with van der Waals surface area (Å²) >= 11 is 1.58. The average molecular weight is 356 g/mol. The molecular weight excluding hydrogens is 332 g/mol. The van der Waals surface area contributed by atoms with Gasteiger partial charge in [-0.1, -0.05) is 30.3 Å². The molecule has 0 amide bonds. The van der Waals surface area contributed by atoms with Gasteiger partial charge in [0.1, 0.15) is 6.61 Å². The Morgan fingerprint density at radius 3 is 2.76 bits per heavy atom. The maximum absolute atomic E-state index is 7.64. The van der Waals surface area contributed by atoms with Gasteiger partial charge in [-0.3, -0.25) is 5.41 Å². The lowest BCUT2D eigenvalue weighted by Gasteiger charge is -2.28. The highest BCUT2D eigenvalue weighted by molar-refractivity contribution is 8.13. The third-order valence-corrected chi connectivity index (χ3v) is 5.22. The number of benzene rings is 2. The zero-order valence-corrected chi connectivity index (χ0v) is 15.5. The number of ether oxygens (including phenoxy) is 2. The summed E-state index contributed by atoms with van der Waals surface area (Å²) in [6, 6.07) is 14.6. The van der Waals surface area contributed by atoms with Crippen LogP contribution in [-0.2, 0) is 13.0 Å². The van der Waals surface area contributed by atoms with E-state index in [9.17, 15) is 0 Å². The lowest BCUT2D eigenvalue weighted by atomic mass is 9.94. The molecule has 0 aromatic heterocycles. The minimum atomic E-state index is 0.242. The van der Waals surface area contributed by atoms with Gasteiger partial charge >= 0.3 is 0 Å². The molecule has 3 rings (SSSR count). The molecule has 0 saturated heterocycles. The van der Waals surface area contributed by atoms with Crippen molar-refractivity contribution in [2.45, 2.75) is 26.0 Å². The Labute approximate surface area is 153 Å². The Balaban J connectivity index is 1.80. The van der Waals surface area contributed by atoms with Crippen molar-refractivity contribution in [3.63, 3.8) is 0 Å². The molecule has 1 atom stereocenters. The van der Waals surface area contributed by atoms with Gasteiger partial charge in [-0.25, -0.2) is 0 Å². The van der Waals surface area contributed by atoms with Gasteiger partial charge < -0.3 is 14.8 Å². The number of hydrogen-bond acceptors (Lipinski definition) is 5. The van der Waals surface area contributed by atoms with Crippen molar-refractivity contribution in [3.05, 3.63) is 59.2 Å². The highest BCUT2D eigenvalue weighted by Gasteiger charge is 2.23. The molecule has 1 heterocycles. The summed E-state index contributed by atoms with van der Waals surface area (Å²) in [7, 11) is 1.68. The fraction of sp³-hybridized carbons (Fsp3) is 0.350. The van der Waals surface area contributed by atoms with Crippen LogP contribution in [0.4, 0.5) is 0 Å². The average Bonchev–Trinajstić information content (AvgIpc) is 2.64. The zero-order chi connectivity index (χ0) is 17.6. The van der Waals surface area contributed by atoms with E-state index in [4.69, 9.17) is 14.9 Å². The minimum Gasteiger partial charge on any atom is -0.493 e. The molecule has 1 aliphatic heterocycles. The van der Waals surface area contributed by atoms with Gasteiger partial charge in [-0.2, -0.15) is 0 Å². The molecule has 1 unspecified atom stereocenters. The first-order valence-corrected chi connectivity index (χ1v) is 9.45. The molecule has 2 N–H and O–H groups in total. The van der Waals surface area contributed by atoms with Crippen molar-refractivity contribution in [2.24, 2.45) is 0 Å². The molecule has 0 saturated carbocycles. The van der Waals surface area contributed by atoms with Crippen LogP contribution in [0.15, 0.2) is 42.5 Å². The highest BCUT2D eigenvalue weighted by Crippen LogP contribution is 2.36. The first kappa shape index (κ1) is 17.8. The summed E-state index contributed by atoms with van der Waals surface area (Å²) in [5.41, 5.74) is 3.69. The second kappa shape index (κ2) is 8.41. The SMILES string of the molecule is COc1cc2c(cc1OCc1ccccc1)CCNC2CSC(C)=N. The van der Waals surface area contributed by atoms with Crippen molar-refractivity contribution in [1.82, 2.24) is 5.32 Å². The van der Waals surface area contributed by atoms with E-state index in [1.807, 2.05) is 25.1 Å². The van der Waals surface area contributed by atoms with Crippen molar-refractivity contribution in [1.29, 1.82) is 5.41 Å². The van der Waals surface area contributed by atoms with E-state index in [1.165, 1.54) is 11.1 Å². The summed E-state index contributed by atoms with van der Waals surface area (Å²) in [4.78, 5) is 0. The third kappa shape index (κ3) is 4.55. The number of methoxy groups -OCH3 is 1.